The molecule has 3 fully saturated rings. The third kappa shape index (κ3) is 4.39. The molecule has 0 saturated carbocycles. The first-order valence-electron chi connectivity index (χ1n) is 12.8. The van der Waals surface area contributed by atoms with E-state index in [0.717, 1.165) is 28.3 Å². The number of aromatic nitrogens is 5. The Kier molecular flexibility index (Phi) is 6.13. The Morgan fingerprint density at radius 1 is 1.20 bits per heavy atom. The SMILES string of the molecule is CC(C#N)Nc1cc(-c2ccc3cc(C#N)cnn23)ncc1-c1nnc(N2CC3CC(C2)N3C(=O)C(C)(C)O)s1. The summed E-state index contributed by atoms with van der Waals surface area (Å²) >= 11 is 1.43. The molecule has 3 unspecified atom stereocenters. The van der Waals surface area contributed by atoms with Gasteiger partial charge in [-0.2, -0.15) is 15.6 Å². The Morgan fingerprint density at radius 3 is 2.67 bits per heavy atom. The molecule has 0 aromatic carbocycles. The highest BCUT2D eigenvalue weighted by molar-refractivity contribution is 7.18. The maximum absolute atomic E-state index is 12.6. The fourth-order valence-electron chi connectivity index (χ4n) is 5.27. The lowest BCUT2D eigenvalue weighted by Gasteiger charge is -2.57. The average molecular weight is 555 g/mol. The predicted octanol–water partition coefficient (Wildman–Crippen LogP) is 2.67. The van der Waals surface area contributed by atoms with Crippen molar-refractivity contribution in [2.24, 2.45) is 0 Å². The van der Waals surface area contributed by atoms with E-state index in [1.807, 2.05) is 18.2 Å². The number of nitrogens with one attached hydrogen (secondary N) is 1. The van der Waals surface area contributed by atoms with Crippen LogP contribution in [0.4, 0.5) is 10.8 Å². The minimum Gasteiger partial charge on any atom is -0.381 e. The van der Waals surface area contributed by atoms with Gasteiger partial charge in [0.25, 0.3) is 5.91 Å². The number of pyridine rings is 1. The van der Waals surface area contributed by atoms with Crippen LogP contribution in [0, 0.1) is 22.7 Å². The van der Waals surface area contributed by atoms with Crippen LogP contribution in [-0.2, 0) is 4.79 Å². The summed E-state index contributed by atoms with van der Waals surface area (Å²) in [5.74, 6) is -0.240. The minimum absolute atomic E-state index is 0.0365. The number of rotatable bonds is 6. The van der Waals surface area contributed by atoms with Crippen LogP contribution in [0.5, 0.6) is 0 Å². The van der Waals surface area contributed by atoms with Crippen LogP contribution in [0.1, 0.15) is 32.8 Å². The molecule has 3 atom stereocenters. The first-order valence-corrected chi connectivity index (χ1v) is 13.7. The average Bonchev–Trinajstić information content (AvgIpc) is 3.60. The lowest BCUT2D eigenvalue weighted by atomic mass is 9.85. The Labute approximate surface area is 234 Å². The fraction of sp³-hybridized carbons (Fsp3) is 0.370. The smallest absolute Gasteiger partial charge is 0.254 e. The monoisotopic (exact) mass is 554 g/mol. The number of aliphatic hydroxyl groups is 1. The zero-order chi connectivity index (χ0) is 28.2. The van der Waals surface area contributed by atoms with Gasteiger partial charge in [-0.05, 0) is 51.5 Å². The Hall–Kier alpha value is -4.59. The zero-order valence-corrected chi connectivity index (χ0v) is 22.9. The topological polar surface area (TPSA) is 159 Å². The third-order valence-corrected chi connectivity index (χ3v) is 8.25. The van der Waals surface area contributed by atoms with Gasteiger partial charge in [-0.25, -0.2) is 4.52 Å². The van der Waals surface area contributed by atoms with E-state index in [2.05, 4.69) is 42.6 Å². The van der Waals surface area contributed by atoms with Gasteiger partial charge in [0.05, 0.1) is 52.4 Å². The molecular weight excluding hydrogens is 528 g/mol. The number of carbonyl (C=O) groups excluding carboxylic acids is 1. The van der Waals surface area contributed by atoms with Gasteiger partial charge in [0.1, 0.15) is 17.7 Å². The fourth-order valence-corrected chi connectivity index (χ4v) is 6.16. The summed E-state index contributed by atoms with van der Waals surface area (Å²) < 4.78 is 1.72. The number of piperazine rings is 1. The molecule has 7 rings (SSSR count). The number of nitriles is 2. The number of piperidine rings is 1. The molecular formula is C27H26N10O2S. The van der Waals surface area contributed by atoms with Crippen molar-refractivity contribution in [1.29, 1.82) is 10.5 Å². The standard InChI is InChI=1S/C27H26N10O2S/c1-15(9-28)32-21-8-22(23-5-4-17-6-16(10-29)11-31-37(17)23)30-12-20(21)24-33-34-26(40-24)35-13-18-7-19(14-35)36(18)25(38)27(2,3)39/h4-6,8,11-12,15,18-19,39H,7,13-14H2,1-3H3,(H,30,32). The molecule has 0 aliphatic carbocycles. The molecule has 3 aliphatic heterocycles. The van der Waals surface area contributed by atoms with E-state index in [1.54, 1.807) is 28.6 Å². The Bertz CT molecular complexity index is 1700. The van der Waals surface area contributed by atoms with E-state index < -0.39 is 11.6 Å². The van der Waals surface area contributed by atoms with Crippen molar-refractivity contribution >= 4 is 33.6 Å². The molecule has 0 spiro atoms. The normalized spacial score (nSPS) is 19.1. The van der Waals surface area contributed by atoms with E-state index in [-0.39, 0.29) is 18.0 Å². The molecule has 0 radical (unpaired) electrons. The van der Waals surface area contributed by atoms with Crippen LogP contribution in [0.3, 0.4) is 0 Å². The lowest BCUT2D eigenvalue weighted by molar-refractivity contribution is -0.163. The van der Waals surface area contributed by atoms with E-state index >= 15 is 0 Å². The second-order valence-corrected chi connectivity index (χ2v) is 11.6. The highest BCUT2D eigenvalue weighted by Gasteiger charge is 2.50. The van der Waals surface area contributed by atoms with Gasteiger partial charge in [0.15, 0.2) is 5.01 Å². The van der Waals surface area contributed by atoms with Crippen molar-refractivity contribution in [1.82, 2.24) is 29.7 Å². The highest BCUT2D eigenvalue weighted by Crippen LogP contribution is 2.40. The second kappa shape index (κ2) is 9.55. The number of fused-ring (bicyclic) bond motifs is 3. The maximum Gasteiger partial charge on any atom is 0.254 e. The van der Waals surface area contributed by atoms with Crippen molar-refractivity contribution in [2.45, 2.75) is 50.9 Å². The van der Waals surface area contributed by atoms with Crippen molar-refractivity contribution in [3.8, 4) is 34.1 Å². The van der Waals surface area contributed by atoms with Gasteiger partial charge in [0.2, 0.25) is 5.13 Å². The van der Waals surface area contributed by atoms with E-state index in [0.29, 0.717) is 35.0 Å². The van der Waals surface area contributed by atoms with Crippen LogP contribution in [0.2, 0.25) is 0 Å². The summed E-state index contributed by atoms with van der Waals surface area (Å²) in [7, 11) is 0. The van der Waals surface area contributed by atoms with Crippen molar-refractivity contribution in [2.75, 3.05) is 23.3 Å². The van der Waals surface area contributed by atoms with Crippen molar-refractivity contribution < 1.29 is 9.90 Å². The summed E-state index contributed by atoms with van der Waals surface area (Å²) in [5.41, 5.74) is 2.66. The summed E-state index contributed by atoms with van der Waals surface area (Å²) in [6, 6.07) is 11.3. The molecule has 7 heterocycles. The molecule has 3 saturated heterocycles. The van der Waals surface area contributed by atoms with Crippen molar-refractivity contribution in [3.05, 3.63) is 42.2 Å². The number of amides is 1. The Balaban J connectivity index is 1.28. The molecule has 4 aromatic rings. The summed E-state index contributed by atoms with van der Waals surface area (Å²) in [6.07, 6.45) is 4.14. The molecule has 2 bridgehead atoms. The molecule has 40 heavy (non-hydrogen) atoms. The summed E-state index contributed by atoms with van der Waals surface area (Å²) in [6.45, 7) is 6.07. The quantitative estimate of drug-likeness (QED) is 0.363. The molecule has 2 N–H and O–H groups in total. The van der Waals surface area contributed by atoms with Crippen LogP contribution in [-0.4, -0.2) is 77.5 Å². The molecule has 12 nitrogen and oxygen atoms in total. The van der Waals surface area contributed by atoms with Gasteiger partial charge in [0, 0.05) is 25.0 Å². The maximum atomic E-state index is 12.6. The number of hydrogen-bond donors (Lipinski definition) is 2. The third-order valence-electron chi connectivity index (χ3n) is 7.23. The van der Waals surface area contributed by atoms with Crippen LogP contribution in [0.15, 0.2) is 36.7 Å². The first kappa shape index (κ1) is 25.7. The van der Waals surface area contributed by atoms with Crippen LogP contribution >= 0.6 is 11.3 Å². The molecule has 1 amide bonds. The number of anilines is 2. The van der Waals surface area contributed by atoms with Crippen molar-refractivity contribution in [3.63, 3.8) is 0 Å². The predicted molar refractivity (Wildman–Crippen MR) is 148 cm³/mol. The highest BCUT2D eigenvalue weighted by atomic mass is 32.1. The zero-order valence-electron chi connectivity index (χ0n) is 22.1. The van der Waals surface area contributed by atoms with E-state index in [4.69, 9.17) is 0 Å². The van der Waals surface area contributed by atoms with Crippen LogP contribution < -0.4 is 10.2 Å². The molecule has 202 valence electrons. The summed E-state index contributed by atoms with van der Waals surface area (Å²) in [5, 5.41) is 46.8. The first-order chi connectivity index (χ1) is 19.2. The Morgan fingerprint density at radius 2 is 1.98 bits per heavy atom. The number of carbonyl (C=O) groups is 1. The van der Waals surface area contributed by atoms with Gasteiger partial charge in [-0.1, -0.05) is 11.3 Å². The number of hydrogen-bond acceptors (Lipinski definition) is 11. The summed E-state index contributed by atoms with van der Waals surface area (Å²) in [4.78, 5) is 21.3. The molecule has 3 aliphatic rings. The van der Waals surface area contributed by atoms with E-state index in [1.165, 1.54) is 31.4 Å². The van der Waals surface area contributed by atoms with E-state index in [9.17, 15) is 20.4 Å². The van der Waals surface area contributed by atoms with Crippen LogP contribution in [0.25, 0.3) is 27.5 Å². The van der Waals surface area contributed by atoms with Gasteiger partial charge < -0.3 is 20.2 Å². The van der Waals surface area contributed by atoms with Gasteiger partial charge >= 0.3 is 0 Å². The largest absolute Gasteiger partial charge is 0.381 e. The second-order valence-electron chi connectivity index (χ2n) is 10.6. The molecule has 4 aromatic heterocycles. The number of nitrogens with zero attached hydrogens (tertiary/aromatic N) is 9. The van der Waals surface area contributed by atoms with Gasteiger partial charge in [-0.3, -0.25) is 9.78 Å². The minimum atomic E-state index is -1.39. The molecule has 13 heteroatoms. The lowest BCUT2D eigenvalue weighted by Crippen LogP contribution is -2.72. The van der Waals surface area contributed by atoms with Gasteiger partial charge in [-0.15, -0.1) is 10.2 Å².